The number of hydrogen-bond donors (Lipinski definition) is 1. The van der Waals surface area contributed by atoms with E-state index in [4.69, 9.17) is 12.2 Å². The van der Waals surface area contributed by atoms with Crippen molar-refractivity contribution in [2.24, 2.45) is 0 Å². The summed E-state index contributed by atoms with van der Waals surface area (Å²) in [6, 6.07) is 1.51. The normalized spacial score (nSPS) is 12.6. The lowest BCUT2D eigenvalue weighted by atomic mass is 10.3. The SMILES string of the molecule is Cc1csc(C(C)n2ccc(=O)[nH]c2=S)n1. The van der Waals surface area contributed by atoms with E-state index in [0.29, 0.717) is 4.77 Å². The standard InChI is InChI=1S/C10H11N3OS2/c1-6-5-16-9(11-6)7(2)13-4-3-8(14)12-10(13)15/h3-5,7H,1-2H3,(H,12,14,15). The Kier molecular flexibility index (Phi) is 3.02. The van der Waals surface area contributed by atoms with Crippen LogP contribution in [0.3, 0.4) is 0 Å². The van der Waals surface area contributed by atoms with Gasteiger partial charge in [-0.3, -0.25) is 9.78 Å². The van der Waals surface area contributed by atoms with Crippen LogP contribution < -0.4 is 5.56 Å². The number of hydrogen-bond acceptors (Lipinski definition) is 4. The van der Waals surface area contributed by atoms with Gasteiger partial charge < -0.3 is 4.57 Å². The minimum Gasteiger partial charge on any atom is -0.315 e. The van der Waals surface area contributed by atoms with Crippen LogP contribution in [0.15, 0.2) is 22.4 Å². The molecule has 0 fully saturated rings. The summed E-state index contributed by atoms with van der Waals surface area (Å²) in [5, 5.41) is 2.99. The fourth-order valence-electron chi connectivity index (χ4n) is 1.42. The first kappa shape index (κ1) is 11.2. The van der Waals surface area contributed by atoms with E-state index in [2.05, 4.69) is 9.97 Å². The Labute approximate surface area is 102 Å². The highest BCUT2D eigenvalue weighted by Gasteiger charge is 2.11. The van der Waals surface area contributed by atoms with Gasteiger partial charge in [-0.25, -0.2) is 4.98 Å². The number of aromatic amines is 1. The predicted molar refractivity (Wildman–Crippen MR) is 66.6 cm³/mol. The largest absolute Gasteiger partial charge is 0.315 e. The molecule has 0 radical (unpaired) electrons. The van der Waals surface area contributed by atoms with Crippen LogP contribution in [-0.4, -0.2) is 14.5 Å². The van der Waals surface area contributed by atoms with Crippen molar-refractivity contribution < 1.29 is 0 Å². The monoisotopic (exact) mass is 253 g/mol. The van der Waals surface area contributed by atoms with Gasteiger partial charge in [0.2, 0.25) is 0 Å². The second-order valence-corrected chi connectivity index (χ2v) is 4.80. The number of thiazole rings is 1. The highest BCUT2D eigenvalue weighted by molar-refractivity contribution is 7.71. The molecule has 1 atom stereocenters. The maximum atomic E-state index is 11.1. The molecule has 2 rings (SSSR count). The van der Waals surface area contributed by atoms with Crippen molar-refractivity contribution in [3.63, 3.8) is 0 Å². The van der Waals surface area contributed by atoms with Crippen molar-refractivity contribution in [2.75, 3.05) is 0 Å². The average molecular weight is 253 g/mol. The maximum absolute atomic E-state index is 11.1. The maximum Gasteiger partial charge on any atom is 0.251 e. The predicted octanol–water partition coefficient (Wildman–Crippen LogP) is 2.28. The lowest BCUT2D eigenvalue weighted by molar-refractivity contribution is 0.605. The van der Waals surface area contributed by atoms with Gasteiger partial charge in [-0.05, 0) is 26.1 Å². The van der Waals surface area contributed by atoms with Crippen LogP contribution in [0.5, 0.6) is 0 Å². The smallest absolute Gasteiger partial charge is 0.251 e. The molecule has 0 aliphatic carbocycles. The van der Waals surface area contributed by atoms with Crippen molar-refractivity contribution in [2.45, 2.75) is 19.9 Å². The zero-order valence-corrected chi connectivity index (χ0v) is 10.6. The van der Waals surface area contributed by atoms with Crippen LogP contribution in [0.2, 0.25) is 0 Å². The lowest BCUT2D eigenvalue weighted by Crippen LogP contribution is -2.14. The number of aromatic nitrogens is 3. The van der Waals surface area contributed by atoms with Crippen molar-refractivity contribution in [1.29, 1.82) is 0 Å². The van der Waals surface area contributed by atoms with Gasteiger partial charge in [-0.15, -0.1) is 11.3 Å². The van der Waals surface area contributed by atoms with E-state index >= 15 is 0 Å². The van der Waals surface area contributed by atoms with Crippen LogP contribution in [0.4, 0.5) is 0 Å². The van der Waals surface area contributed by atoms with Crippen LogP contribution in [-0.2, 0) is 0 Å². The first-order valence-corrected chi connectivity index (χ1v) is 6.10. The van der Waals surface area contributed by atoms with Gasteiger partial charge in [0.15, 0.2) is 4.77 Å². The summed E-state index contributed by atoms with van der Waals surface area (Å²) in [6.45, 7) is 3.96. The second kappa shape index (κ2) is 4.31. The molecule has 0 spiro atoms. The third-order valence-corrected chi connectivity index (χ3v) is 3.71. The molecule has 0 aromatic carbocycles. The molecule has 4 nitrogen and oxygen atoms in total. The van der Waals surface area contributed by atoms with Crippen molar-refractivity contribution in [3.05, 3.63) is 43.5 Å². The van der Waals surface area contributed by atoms with Crippen molar-refractivity contribution >= 4 is 23.6 Å². The molecule has 1 unspecified atom stereocenters. The number of aryl methyl sites for hydroxylation is 1. The molecule has 6 heteroatoms. The topological polar surface area (TPSA) is 50.7 Å². The minimum absolute atomic E-state index is 0.0445. The molecule has 1 N–H and O–H groups in total. The Morgan fingerprint density at radius 1 is 1.62 bits per heavy atom. The Hall–Kier alpha value is -1.27. The highest BCUT2D eigenvalue weighted by atomic mass is 32.1. The van der Waals surface area contributed by atoms with E-state index < -0.39 is 0 Å². The van der Waals surface area contributed by atoms with Gasteiger partial charge in [-0.2, -0.15) is 0 Å². The molecular weight excluding hydrogens is 242 g/mol. The van der Waals surface area contributed by atoms with Crippen molar-refractivity contribution in [3.8, 4) is 0 Å². The van der Waals surface area contributed by atoms with Gasteiger partial charge in [0.05, 0.1) is 6.04 Å². The molecule has 0 saturated carbocycles. The van der Waals surface area contributed by atoms with Gasteiger partial charge >= 0.3 is 0 Å². The molecule has 0 aliphatic rings. The summed E-state index contributed by atoms with van der Waals surface area (Å²) in [5.41, 5.74) is 0.826. The molecule has 2 aromatic rings. The van der Waals surface area contributed by atoms with Crippen molar-refractivity contribution in [1.82, 2.24) is 14.5 Å². The number of H-pyrrole nitrogens is 1. The summed E-state index contributed by atoms with van der Waals surface area (Å²) >= 11 is 6.70. The van der Waals surface area contributed by atoms with E-state index in [9.17, 15) is 4.79 Å². The summed E-state index contributed by atoms with van der Waals surface area (Å²) in [7, 11) is 0. The molecule has 16 heavy (non-hydrogen) atoms. The molecule has 2 aromatic heterocycles. The van der Waals surface area contributed by atoms with Crippen LogP contribution in [0.1, 0.15) is 23.7 Å². The van der Waals surface area contributed by atoms with Gasteiger partial charge in [0, 0.05) is 23.3 Å². The average Bonchev–Trinajstić information content (AvgIpc) is 2.64. The Morgan fingerprint density at radius 2 is 2.38 bits per heavy atom. The van der Waals surface area contributed by atoms with E-state index in [0.717, 1.165) is 10.7 Å². The Morgan fingerprint density at radius 3 is 2.94 bits per heavy atom. The van der Waals surface area contributed by atoms with Crippen LogP contribution >= 0.6 is 23.6 Å². The third-order valence-electron chi connectivity index (χ3n) is 2.26. The first-order chi connectivity index (χ1) is 7.58. The van der Waals surface area contributed by atoms with Gasteiger partial charge in [0.1, 0.15) is 5.01 Å². The van der Waals surface area contributed by atoms with E-state index in [1.54, 1.807) is 17.5 Å². The number of rotatable bonds is 2. The highest BCUT2D eigenvalue weighted by Crippen LogP contribution is 2.21. The summed E-state index contributed by atoms with van der Waals surface area (Å²) in [4.78, 5) is 18.1. The minimum atomic E-state index is -0.177. The molecular formula is C10H11N3OS2. The Balaban J connectivity index is 2.45. The summed E-state index contributed by atoms with van der Waals surface area (Å²) in [5.74, 6) is 0. The van der Waals surface area contributed by atoms with E-state index in [1.165, 1.54) is 6.07 Å². The molecule has 2 heterocycles. The van der Waals surface area contributed by atoms with Gasteiger partial charge in [0.25, 0.3) is 5.56 Å². The van der Waals surface area contributed by atoms with Gasteiger partial charge in [-0.1, -0.05) is 0 Å². The zero-order chi connectivity index (χ0) is 11.7. The van der Waals surface area contributed by atoms with Crippen LogP contribution in [0.25, 0.3) is 0 Å². The summed E-state index contributed by atoms with van der Waals surface area (Å²) in [6.07, 6.45) is 1.70. The van der Waals surface area contributed by atoms with E-state index in [-0.39, 0.29) is 11.6 Å². The fraction of sp³-hybridized carbons (Fsp3) is 0.300. The molecule has 0 bridgehead atoms. The molecule has 0 saturated heterocycles. The number of nitrogens with zero attached hydrogens (tertiary/aromatic N) is 2. The summed E-state index contributed by atoms with van der Waals surface area (Å²) < 4.78 is 2.25. The molecule has 84 valence electrons. The zero-order valence-electron chi connectivity index (χ0n) is 8.93. The second-order valence-electron chi connectivity index (χ2n) is 3.52. The lowest BCUT2D eigenvalue weighted by Gasteiger charge is -2.12. The van der Waals surface area contributed by atoms with E-state index in [1.807, 2.05) is 23.8 Å². The third kappa shape index (κ3) is 2.12. The quantitative estimate of drug-likeness (QED) is 0.835. The molecule has 0 amide bonds. The van der Waals surface area contributed by atoms with Crippen LogP contribution in [0, 0.1) is 11.7 Å². The Bertz CT molecular complexity index is 611. The fourth-order valence-corrected chi connectivity index (χ4v) is 2.59. The number of nitrogens with one attached hydrogen (secondary N) is 1. The first-order valence-electron chi connectivity index (χ1n) is 4.81. The molecule has 0 aliphatic heterocycles.